The van der Waals surface area contributed by atoms with E-state index in [0.717, 1.165) is 25.9 Å². The Balaban J connectivity index is 1.50. The maximum absolute atomic E-state index is 12.6. The lowest BCUT2D eigenvalue weighted by atomic mass is 10.1. The highest BCUT2D eigenvalue weighted by molar-refractivity contribution is 6.00. The molecule has 0 saturated carbocycles. The number of nitrogens with one attached hydrogen (secondary N) is 2. The highest BCUT2D eigenvalue weighted by atomic mass is 16.3. The molecule has 2 N–H and O–H groups in total. The number of likely N-dealkylation sites (tertiary alicyclic amines) is 1. The van der Waals surface area contributed by atoms with Crippen molar-refractivity contribution in [3.63, 3.8) is 0 Å². The number of nitrogens with zero attached hydrogens (tertiary/aromatic N) is 1. The van der Waals surface area contributed by atoms with Gasteiger partial charge >= 0.3 is 0 Å². The van der Waals surface area contributed by atoms with Crippen molar-refractivity contribution in [2.75, 3.05) is 25.0 Å². The van der Waals surface area contributed by atoms with E-state index in [1.54, 1.807) is 37.3 Å². The number of aryl methyl sites for hydroxylation is 1. The molecule has 7 nitrogen and oxygen atoms in total. The average Bonchev–Trinajstić information content (AvgIpc) is 2.95. The van der Waals surface area contributed by atoms with Crippen LogP contribution in [0.15, 0.2) is 41.0 Å². The Morgan fingerprint density at radius 1 is 1.00 bits per heavy atom. The lowest BCUT2D eigenvalue weighted by Gasteiger charge is -2.20. The molecule has 28 heavy (non-hydrogen) atoms. The van der Waals surface area contributed by atoms with Gasteiger partial charge in [0.25, 0.3) is 11.8 Å². The third-order valence-corrected chi connectivity index (χ3v) is 4.82. The van der Waals surface area contributed by atoms with E-state index in [2.05, 4.69) is 10.6 Å². The molecule has 7 heteroatoms. The number of carbonyl (C=O) groups excluding carboxylic acids is 3. The minimum Gasteiger partial charge on any atom is -0.469 e. The van der Waals surface area contributed by atoms with Gasteiger partial charge in [-0.3, -0.25) is 14.4 Å². The topological polar surface area (TPSA) is 91.6 Å². The monoisotopic (exact) mass is 383 g/mol. The van der Waals surface area contributed by atoms with Crippen molar-refractivity contribution in [2.24, 2.45) is 0 Å². The molecule has 1 aromatic carbocycles. The molecule has 2 aromatic rings. The Labute approximate surface area is 164 Å². The van der Waals surface area contributed by atoms with Crippen molar-refractivity contribution in [2.45, 2.75) is 32.6 Å². The van der Waals surface area contributed by atoms with Crippen LogP contribution in [0.3, 0.4) is 0 Å². The molecule has 148 valence electrons. The second-order valence-corrected chi connectivity index (χ2v) is 6.91. The van der Waals surface area contributed by atoms with Crippen molar-refractivity contribution in [1.29, 1.82) is 0 Å². The number of anilines is 1. The van der Waals surface area contributed by atoms with Crippen LogP contribution in [-0.2, 0) is 4.79 Å². The van der Waals surface area contributed by atoms with Crippen LogP contribution in [0, 0.1) is 6.92 Å². The van der Waals surface area contributed by atoms with E-state index >= 15 is 0 Å². The molecule has 3 rings (SSSR count). The van der Waals surface area contributed by atoms with Crippen LogP contribution in [0.25, 0.3) is 0 Å². The summed E-state index contributed by atoms with van der Waals surface area (Å²) >= 11 is 0. The quantitative estimate of drug-likeness (QED) is 0.830. The average molecular weight is 383 g/mol. The Hall–Kier alpha value is -3.09. The van der Waals surface area contributed by atoms with E-state index in [1.165, 1.54) is 19.1 Å². The first-order chi connectivity index (χ1) is 13.5. The summed E-state index contributed by atoms with van der Waals surface area (Å²) < 4.78 is 5.08. The van der Waals surface area contributed by atoms with Crippen LogP contribution in [0.5, 0.6) is 0 Å². The summed E-state index contributed by atoms with van der Waals surface area (Å²) in [7, 11) is 0. The zero-order chi connectivity index (χ0) is 19.9. The second-order valence-electron chi connectivity index (χ2n) is 6.91. The fourth-order valence-electron chi connectivity index (χ4n) is 3.23. The molecular formula is C21H25N3O4. The fourth-order valence-corrected chi connectivity index (χ4v) is 3.23. The minimum absolute atomic E-state index is 0.0301. The largest absolute Gasteiger partial charge is 0.469 e. The van der Waals surface area contributed by atoms with Crippen LogP contribution in [0.4, 0.5) is 5.69 Å². The minimum atomic E-state index is -0.361. The first-order valence-electron chi connectivity index (χ1n) is 9.56. The number of benzene rings is 1. The molecule has 0 spiro atoms. The molecule has 1 fully saturated rings. The van der Waals surface area contributed by atoms with Gasteiger partial charge in [0.2, 0.25) is 5.91 Å². The van der Waals surface area contributed by atoms with Crippen LogP contribution < -0.4 is 10.6 Å². The number of hydrogen-bond acceptors (Lipinski definition) is 4. The van der Waals surface area contributed by atoms with Gasteiger partial charge in [-0.15, -0.1) is 0 Å². The smallest absolute Gasteiger partial charge is 0.255 e. The standard InChI is InChI=1S/C21H25N3O4/c1-15-18(10-13-28-15)20(26)22-14-19(25)23-17-8-6-16(7-9-17)21(27)24-11-4-2-3-5-12-24/h6-10,13H,2-5,11-12,14H2,1H3,(H,22,26)(H,23,25). The molecule has 0 radical (unpaired) electrons. The van der Waals surface area contributed by atoms with Crippen LogP contribution in [0.2, 0.25) is 0 Å². The third kappa shape index (κ3) is 5.00. The molecule has 0 atom stereocenters. The summed E-state index contributed by atoms with van der Waals surface area (Å²) in [6.45, 7) is 3.13. The normalized spacial score (nSPS) is 14.2. The van der Waals surface area contributed by atoms with E-state index in [9.17, 15) is 14.4 Å². The maximum Gasteiger partial charge on any atom is 0.255 e. The Morgan fingerprint density at radius 3 is 2.29 bits per heavy atom. The van der Waals surface area contributed by atoms with Gasteiger partial charge in [0, 0.05) is 24.3 Å². The zero-order valence-corrected chi connectivity index (χ0v) is 16.0. The van der Waals surface area contributed by atoms with Gasteiger partial charge in [-0.25, -0.2) is 0 Å². The van der Waals surface area contributed by atoms with E-state index in [0.29, 0.717) is 22.6 Å². The predicted molar refractivity (Wildman–Crippen MR) is 105 cm³/mol. The summed E-state index contributed by atoms with van der Waals surface area (Å²) in [6, 6.07) is 8.39. The van der Waals surface area contributed by atoms with E-state index < -0.39 is 0 Å². The first-order valence-corrected chi connectivity index (χ1v) is 9.56. The summed E-state index contributed by atoms with van der Waals surface area (Å²) in [6.07, 6.45) is 5.86. The third-order valence-electron chi connectivity index (χ3n) is 4.82. The van der Waals surface area contributed by atoms with E-state index in [1.807, 2.05) is 4.90 Å². The fraction of sp³-hybridized carbons (Fsp3) is 0.381. The summed E-state index contributed by atoms with van der Waals surface area (Å²) in [4.78, 5) is 38.5. The number of hydrogen-bond donors (Lipinski definition) is 2. The van der Waals surface area contributed by atoms with Gasteiger partial charge in [-0.2, -0.15) is 0 Å². The molecule has 1 aromatic heterocycles. The van der Waals surface area contributed by atoms with Gasteiger partial charge in [0.1, 0.15) is 5.76 Å². The molecule has 0 aliphatic carbocycles. The zero-order valence-electron chi connectivity index (χ0n) is 16.0. The van der Waals surface area contributed by atoms with Crippen LogP contribution >= 0.6 is 0 Å². The molecule has 1 aliphatic heterocycles. The SMILES string of the molecule is Cc1occc1C(=O)NCC(=O)Nc1ccc(C(=O)N2CCCCCC2)cc1. The lowest BCUT2D eigenvalue weighted by Crippen LogP contribution is -2.33. The van der Waals surface area contributed by atoms with Gasteiger partial charge in [0.05, 0.1) is 18.4 Å². The molecule has 1 saturated heterocycles. The van der Waals surface area contributed by atoms with Crippen molar-refractivity contribution in [3.8, 4) is 0 Å². The van der Waals surface area contributed by atoms with E-state index in [-0.39, 0.29) is 24.3 Å². The summed E-state index contributed by atoms with van der Waals surface area (Å²) in [5.41, 5.74) is 1.60. The molecule has 1 aliphatic rings. The number of carbonyl (C=O) groups is 3. The summed E-state index contributed by atoms with van der Waals surface area (Å²) in [5, 5.41) is 5.26. The highest BCUT2D eigenvalue weighted by Crippen LogP contribution is 2.15. The van der Waals surface area contributed by atoms with Gasteiger partial charge in [0.15, 0.2) is 0 Å². The van der Waals surface area contributed by atoms with Gasteiger partial charge in [-0.05, 0) is 50.1 Å². The first kappa shape index (κ1) is 19.7. The molecular weight excluding hydrogens is 358 g/mol. The van der Waals surface area contributed by atoms with Crippen LogP contribution in [0.1, 0.15) is 52.2 Å². The Kier molecular flexibility index (Phi) is 6.47. The number of amides is 3. The predicted octanol–water partition coefficient (Wildman–Crippen LogP) is 2.97. The second kappa shape index (κ2) is 9.21. The van der Waals surface area contributed by atoms with E-state index in [4.69, 9.17) is 4.42 Å². The number of furan rings is 1. The van der Waals surface area contributed by atoms with Crippen LogP contribution in [-0.4, -0.2) is 42.3 Å². The molecule has 0 unspecified atom stereocenters. The number of rotatable bonds is 5. The molecule has 3 amide bonds. The summed E-state index contributed by atoms with van der Waals surface area (Å²) in [5.74, 6) is -0.175. The maximum atomic E-state index is 12.6. The Morgan fingerprint density at radius 2 is 1.68 bits per heavy atom. The molecule has 2 heterocycles. The highest BCUT2D eigenvalue weighted by Gasteiger charge is 2.17. The van der Waals surface area contributed by atoms with Crippen molar-refractivity contribution in [3.05, 3.63) is 53.5 Å². The van der Waals surface area contributed by atoms with Gasteiger partial charge < -0.3 is 20.0 Å². The van der Waals surface area contributed by atoms with Gasteiger partial charge in [-0.1, -0.05) is 12.8 Å². The lowest BCUT2D eigenvalue weighted by molar-refractivity contribution is -0.115. The Bertz CT molecular complexity index is 834. The van der Waals surface area contributed by atoms with Crippen molar-refractivity contribution in [1.82, 2.24) is 10.2 Å². The molecule has 0 bridgehead atoms. The van der Waals surface area contributed by atoms with Crippen molar-refractivity contribution >= 4 is 23.4 Å². The van der Waals surface area contributed by atoms with Crippen molar-refractivity contribution < 1.29 is 18.8 Å².